The topological polar surface area (TPSA) is 140 Å². The second-order valence-electron chi connectivity index (χ2n) is 6.71. The summed E-state index contributed by atoms with van der Waals surface area (Å²) in [4.78, 5) is 28.6. The summed E-state index contributed by atoms with van der Waals surface area (Å²) in [6.07, 6.45) is 0.806. The van der Waals surface area contributed by atoms with Crippen LogP contribution in [0.2, 0.25) is 0 Å². The molecule has 0 saturated heterocycles. The molecule has 0 amide bonds. The molecule has 10 heteroatoms. The molecule has 30 heavy (non-hydrogen) atoms. The van der Waals surface area contributed by atoms with Crippen molar-refractivity contribution in [2.45, 2.75) is 19.3 Å². The Hall–Kier alpha value is -3.14. The highest BCUT2D eigenvalue weighted by molar-refractivity contribution is 7.90. The standard InChI is InChI=1S/C20H23NO8S/c1-11(12-5-7-13(28-2)8-6-12)17-15(20(25)29-3)16(19(23)24)18(22)14(21-17)9-10-30(4,26)27/h5-8,11,22H,9-10H2,1-4H3,(H,23,24). The van der Waals surface area contributed by atoms with E-state index in [0.717, 1.165) is 13.4 Å². The van der Waals surface area contributed by atoms with Gasteiger partial charge in [-0.3, -0.25) is 4.98 Å². The summed E-state index contributed by atoms with van der Waals surface area (Å²) >= 11 is 0. The van der Waals surface area contributed by atoms with E-state index in [0.29, 0.717) is 11.3 Å². The van der Waals surface area contributed by atoms with E-state index in [4.69, 9.17) is 9.47 Å². The summed E-state index contributed by atoms with van der Waals surface area (Å²) in [5, 5.41) is 20.1. The third kappa shape index (κ3) is 5.07. The SMILES string of the molecule is COC(=O)c1c(C(C)c2ccc(OC)cc2)nc(CCS(C)(=O)=O)c(O)c1C(=O)O. The highest BCUT2D eigenvalue weighted by Gasteiger charge is 2.31. The van der Waals surface area contributed by atoms with Gasteiger partial charge in [0, 0.05) is 18.6 Å². The predicted octanol–water partition coefficient (Wildman–Crippen LogP) is 2.02. The zero-order valence-electron chi connectivity index (χ0n) is 17.0. The minimum absolute atomic E-state index is 0.0608. The van der Waals surface area contributed by atoms with Gasteiger partial charge in [0.05, 0.1) is 31.4 Å². The number of aromatic carboxylic acids is 1. The number of carboxylic acids is 1. The fourth-order valence-electron chi connectivity index (χ4n) is 2.98. The van der Waals surface area contributed by atoms with Crippen molar-refractivity contribution in [1.82, 2.24) is 4.98 Å². The molecule has 1 unspecified atom stereocenters. The summed E-state index contributed by atoms with van der Waals surface area (Å²) < 4.78 is 32.9. The summed E-state index contributed by atoms with van der Waals surface area (Å²) in [5.41, 5.74) is -0.416. The van der Waals surface area contributed by atoms with Crippen LogP contribution < -0.4 is 4.74 Å². The molecule has 9 nitrogen and oxygen atoms in total. The largest absolute Gasteiger partial charge is 0.505 e. The van der Waals surface area contributed by atoms with Crippen LogP contribution in [0.3, 0.4) is 0 Å². The van der Waals surface area contributed by atoms with Crippen molar-refractivity contribution in [2.75, 3.05) is 26.2 Å². The number of carbonyl (C=O) groups excluding carboxylic acids is 1. The summed E-state index contributed by atoms with van der Waals surface area (Å²) in [6.45, 7) is 1.71. The number of ether oxygens (including phenoxy) is 2. The van der Waals surface area contributed by atoms with Gasteiger partial charge in [0.15, 0.2) is 5.75 Å². The average molecular weight is 437 g/mol. The van der Waals surface area contributed by atoms with E-state index in [1.54, 1.807) is 31.2 Å². The molecule has 0 radical (unpaired) electrons. The summed E-state index contributed by atoms with van der Waals surface area (Å²) in [6, 6.07) is 6.87. The lowest BCUT2D eigenvalue weighted by atomic mass is 9.90. The molecule has 0 aliphatic heterocycles. The monoisotopic (exact) mass is 437 g/mol. The molecule has 2 aromatic rings. The number of aryl methyl sites for hydroxylation is 1. The van der Waals surface area contributed by atoms with Gasteiger partial charge in [0.25, 0.3) is 0 Å². The minimum atomic E-state index is -3.40. The van der Waals surface area contributed by atoms with Crippen LogP contribution >= 0.6 is 0 Å². The molecule has 1 aromatic heterocycles. The van der Waals surface area contributed by atoms with Crippen LogP contribution in [0.25, 0.3) is 0 Å². The number of aromatic nitrogens is 1. The first-order valence-corrected chi connectivity index (χ1v) is 10.9. The number of sulfone groups is 1. The van der Waals surface area contributed by atoms with Crippen LogP contribution in [0.15, 0.2) is 24.3 Å². The lowest BCUT2D eigenvalue weighted by molar-refractivity contribution is 0.0578. The van der Waals surface area contributed by atoms with E-state index in [2.05, 4.69) is 4.98 Å². The van der Waals surface area contributed by atoms with Gasteiger partial charge in [-0.25, -0.2) is 18.0 Å². The van der Waals surface area contributed by atoms with Gasteiger partial charge in [-0.15, -0.1) is 0 Å². The molecule has 0 fully saturated rings. The third-order valence-corrected chi connectivity index (χ3v) is 5.56. The van der Waals surface area contributed by atoms with Gasteiger partial charge in [-0.05, 0) is 17.7 Å². The van der Waals surface area contributed by atoms with Crippen LogP contribution in [0, 0.1) is 0 Å². The Kier molecular flexibility index (Phi) is 7.04. The Morgan fingerprint density at radius 2 is 1.73 bits per heavy atom. The number of aromatic hydroxyl groups is 1. The lowest BCUT2D eigenvalue weighted by Crippen LogP contribution is -2.19. The number of hydrogen-bond acceptors (Lipinski definition) is 8. The normalized spacial score (nSPS) is 12.3. The maximum Gasteiger partial charge on any atom is 0.340 e. The molecule has 0 bridgehead atoms. The first-order chi connectivity index (χ1) is 14.0. The number of esters is 1. The molecule has 162 valence electrons. The highest BCUT2D eigenvalue weighted by atomic mass is 32.2. The van der Waals surface area contributed by atoms with E-state index in [9.17, 15) is 28.2 Å². The number of carbonyl (C=O) groups is 2. The van der Waals surface area contributed by atoms with Gasteiger partial charge in [0.2, 0.25) is 0 Å². The van der Waals surface area contributed by atoms with Crippen LogP contribution in [0.1, 0.15) is 50.5 Å². The molecule has 0 saturated carbocycles. The molecule has 1 aromatic carbocycles. The summed E-state index contributed by atoms with van der Waals surface area (Å²) in [5.74, 6) is -3.59. The number of pyridine rings is 1. The maximum absolute atomic E-state index is 12.4. The molecular formula is C20H23NO8S. The van der Waals surface area contributed by atoms with Gasteiger partial charge in [-0.1, -0.05) is 19.1 Å². The number of benzene rings is 1. The van der Waals surface area contributed by atoms with Crippen molar-refractivity contribution in [3.63, 3.8) is 0 Å². The molecule has 2 N–H and O–H groups in total. The fourth-order valence-corrected chi connectivity index (χ4v) is 3.55. The Balaban J connectivity index is 2.74. The van der Waals surface area contributed by atoms with Crippen molar-refractivity contribution in [3.05, 3.63) is 52.3 Å². The second kappa shape index (κ2) is 9.12. The van der Waals surface area contributed by atoms with Gasteiger partial charge in [0.1, 0.15) is 26.7 Å². The predicted molar refractivity (Wildman–Crippen MR) is 108 cm³/mol. The van der Waals surface area contributed by atoms with Crippen LogP contribution in [0.5, 0.6) is 11.5 Å². The number of rotatable bonds is 8. The zero-order chi connectivity index (χ0) is 22.6. The van der Waals surface area contributed by atoms with Crippen LogP contribution in [0.4, 0.5) is 0 Å². The first kappa shape index (κ1) is 23.1. The smallest absolute Gasteiger partial charge is 0.340 e. The number of nitrogens with zero attached hydrogens (tertiary/aromatic N) is 1. The molecule has 0 aliphatic rings. The van der Waals surface area contributed by atoms with Crippen molar-refractivity contribution in [3.8, 4) is 11.5 Å². The lowest BCUT2D eigenvalue weighted by Gasteiger charge is -2.20. The summed E-state index contributed by atoms with van der Waals surface area (Å²) in [7, 11) is -0.796. The Morgan fingerprint density at radius 1 is 1.13 bits per heavy atom. The second-order valence-corrected chi connectivity index (χ2v) is 8.97. The average Bonchev–Trinajstić information content (AvgIpc) is 2.70. The van der Waals surface area contributed by atoms with E-state index in [1.165, 1.54) is 7.11 Å². The van der Waals surface area contributed by atoms with Crippen molar-refractivity contribution in [1.29, 1.82) is 0 Å². The molecule has 0 aliphatic carbocycles. The van der Waals surface area contributed by atoms with E-state index in [-0.39, 0.29) is 29.1 Å². The maximum atomic E-state index is 12.4. The Bertz CT molecular complexity index is 1060. The number of carboxylic acid groups (broad SMARTS) is 1. The fraction of sp³-hybridized carbons (Fsp3) is 0.350. The molecule has 0 spiro atoms. The zero-order valence-corrected chi connectivity index (χ0v) is 17.8. The Morgan fingerprint density at radius 3 is 2.20 bits per heavy atom. The third-order valence-electron chi connectivity index (χ3n) is 4.61. The highest BCUT2D eigenvalue weighted by Crippen LogP contribution is 2.34. The molecule has 1 atom stereocenters. The number of methoxy groups -OCH3 is 2. The Labute approximate surface area is 174 Å². The van der Waals surface area contributed by atoms with Crippen molar-refractivity contribution >= 4 is 21.8 Å². The van der Waals surface area contributed by atoms with Gasteiger partial charge >= 0.3 is 11.9 Å². The molecule has 2 rings (SSSR count). The number of hydrogen-bond donors (Lipinski definition) is 2. The van der Waals surface area contributed by atoms with E-state index < -0.39 is 39.0 Å². The van der Waals surface area contributed by atoms with Crippen LogP contribution in [-0.4, -0.2) is 61.8 Å². The quantitative estimate of drug-likeness (QED) is 0.593. The minimum Gasteiger partial charge on any atom is -0.505 e. The van der Waals surface area contributed by atoms with E-state index in [1.807, 2.05) is 0 Å². The molecular weight excluding hydrogens is 414 g/mol. The van der Waals surface area contributed by atoms with Gasteiger partial charge < -0.3 is 19.7 Å². The van der Waals surface area contributed by atoms with Crippen molar-refractivity contribution in [2.24, 2.45) is 0 Å². The van der Waals surface area contributed by atoms with E-state index >= 15 is 0 Å². The van der Waals surface area contributed by atoms with Crippen molar-refractivity contribution < 1.29 is 37.7 Å². The van der Waals surface area contributed by atoms with Crippen LogP contribution in [-0.2, 0) is 21.0 Å². The first-order valence-electron chi connectivity index (χ1n) is 8.89. The molecule has 1 heterocycles. The van der Waals surface area contributed by atoms with Gasteiger partial charge in [-0.2, -0.15) is 0 Å².